The summed E-state index contributed by atoms with van der Waals surface area (Å²) in [5, 5.41) is 0. The summed E-state index contributed by atoms with van der Waals surface area (Å²) in [6.45, 7) is 6.01. The Morgan fingerprint density at radius 1 is 1.15 bits per heavy atom. The Bertz CT molecular complexity index is 614. The van der Waals surface area contributed by atoms with Gasteiger partial charge in [-0.05, 0) is 19.8 Å². The zero-order chi connectivity index (χ0) is 14.5. The minimum absolute atomic E-state index is 0.155. The molecule has 1 aliphatic rings. The van der Waals surface area contributed by atoms with Crippen molar-refractivity contribution in [1.82, 2.24) is 0 Å². The summed E-state index contributed by atoms with van der Waals surface area (Å²) in [6.07, 6.45) is 1.75. The molecular weight excluding hydrogens is 252 g/mol. The van der Waals surface area contributed by atoms with Gasteiger partial charge in [-0.15, -0.1) is 0 Å². The quantitative estimate of drug-likeness (QED) is 0.786. The van der Waals surface area contributed by atoms with Gasteiger partial charge in [0.25, 0.3) is 0 Å². The molecule has 0 spiro atoms. The molecule has 0 fully saturated rings. The van der Waals surface area contributed by atoms with E-state index in [1.54, 1.807) is 0 Å². The molecule has 1 unspecified atom stereocenters. The van der Waals surface area contributed by atoms with E-state index in [0.717, 1.165) is 18.4 Å². The van der Waals surface area contributed by atoms with Gasteiger partial charge in [0.1, 0.15) is 11.5 Å². The number of ether oxygens (including phenoxy) is 1. The fourth-order valence-electron chi connectivity index (χ4n) is 2.20. The molecule has 0 radical (unpaired) electrons. The van der Waals surface area contributed by atoms with Gasteiger partial charge in [0.15, 0.2) is 0 Å². The molecule has 1 aromatic heterocycles. The van der Waals surface area contributed by atoms with Crippen molar-refractivity contribution in [2.24, 2.45) is 0 Å². The molecule has 0 aliphatic carbocycles. The highest BCUT2D eigenvalue weighted by molar-refractivity contribution is 5.59. The average molecular weight is 272 g/mol. The van der Waals surface area contributed by atoms with Gasteiger partial charge in [-0.25, -0.2) is 4.79 Å². The maximum absolute atomic E-state index is 11.9. The van der Waals surface area contributed by atoms with E-state index in [9.17, 15) is 4.79 Å². The van der Waals surface area contributed by atoms with Gasteiger partial charge in [-0.1, -0.05) is 44.2 Å². The van der Waals surface area contributed by atoms with Gasteiger partial charge >= 0.3 is 5.63 Å². The molecule has 3 rings (SSSR count). The molecule has 0 amide bonds. The fraction of sp³-hybridized carbons (Fsp3) is 0.353. The molecule has 0 N–H and O–H groups in total. The molecule has 0 saturated carbocycles. The number of hydrogen-bond acceptors (Lipinski definition) is 3. The van der Waals surface area contributed by atoms with Gasteiger partial charge < -0.3 is 9.15 Å². The number of fused-ring (bicyclic) bond motifs is 1. The molecule has 1 atom stereocenters. The summed E-state index contributed by atoms with van der Waals surface area (Å²) in [7, 11) is 0. The highest BCUT2D eigenvalue weighted by Gasteiger charge is 2.21. The first-order chi connectivity index (χ1) is 9.74. The summed E-state index contributed by atoms with van der Waals surface area (Å²) in [5.74, 6) is 1.23. The zero-order valence-electron chi connectivity index (χ0n) is 12.2. The van der Waals surface area contributed by atoms with Crippen LogP contribution in [-0.4, -0.2) is 6.10 Å². The highest BCUT2D eigenvalue weighted by atomic mass is 16.5. The van der Waals surface area contributed by atoms with Gasteiger partial charge in [-0.3, -0.25) is 0 Å². The predicted octanol–water partition coefficient (Wildman–Crippen LogP) is 4.05. The molecule has 2 heterocycles. The van der Waals surface area contributed by atoms with E-state index in [0.29, 0.717) is 17.1 Å². The van der Waals surface area contributed by atoms with E-state index in [-0.39, 0.29) is 11.7 Å². The van der Waals surface area contributed by atoms with Crippen molar-refractivity contribution in [2.45, 2.75) is 39.7 Å². The van der Waals surface area contributed by atoms with Crippen molar-refractivity contribution in [1.29, 1.82) is 0 Å². The van der Waals surface area contributed by atoms with Crippen LogP contribution in [0.15, 0.2) is 45.6 Å². The zero-order valence-corrected chi connectivity index (χ0v) is 12.2. The van der Waals surface area contributed by atoms with Crippen LogP contribution in [0.1, 0.15) is 32.8 Å². The maximum Gasteiger partial charge on any atom is 0.343 e. The molecule has 3 nitrogen and oxygen atoms in total. The summed E-state index contributed by atoms with van der Waals surface area (Å²) in [4.78, 5) is 11.9. The summed E-state index contributed by atoms with van der Waals surface area (Å²) in [5.41, 5.74) is 1.27. The van der Waals surface area contributed by atoms with Crippen molar-refractivity contribution in [3.05, 3.63) is 52.4 Å². The van der Waals surface area contributed by atoms with Crippen LogP contribution in [0.3, 0.4) is 0 Å². The van der Waals surface area contributed by atoms with Crippen molar-refractivity contribution in [3.8, 4) is 17.1 Å². The van der Waals surface area contributed by atoms with Crippen molar-refractivity contribution >= 4 is 0 Å². The molecule has 1 aromatic carbocycles. The van der Waals surface area contributed by atoms with Crippen LogP contribution < -0.4 is 10.4 Å². The standard InChI is InChI=1S/C15H14O3.C2H6/c1-10-7-8-12-14(17-10)9-13(18-15(12)16)11-5-3-2-4-6-11;1-2/h2-6,9-10H,7-8H2,1H3;1-2H3. The van der Waals surface area contributed by atoms with Crippen molar-refractivity contribution in [2.75, 3.05) is 0 Å². The summed E-state index contributed by atoms with van der Waals surface area (Å²) >= 11 is 0. The minimum Gasteiger partial charge on any atom is -0.490 e. The van der Waals surface area contributed by atoms with E-state index >= 15 is 0 Å². The fourth-order valence-corrected chi connectivity index (χ4v) is 2.20. The normalized spacial score (nSPS) is 16.4. The van der Waals surface area contributed by atoms with Gasteiger partial charge in [0.05, 0.1) is 11.7 Å². The first kappa shape index (κ1) is 14.4. The third-order valence-electron chi connectivity index (χ3n) is 3.20. The largest absolute Gasteiger partial charge is 0.490 e. The SMILES string of the molecule is CC.CC1CCc2c(cc(-c3ccccc3)oc2=O)O1. The Morgan fingerprint density at radius 3 is 2.55 bits per heavy atom. The van der Waals surface area contributed by atoms with Crippen LogP contribution in [0.4, 0.5) is 0 Å². The van der Waals surface area contributed by atoms with Crippen molar-refractivity contribution < 1.29 is 9.15 Å². The Morgan fingerprint density at radius 2 is 1.85 bits per heavy atom. The van der Waals surface area contributed by atoms with Crippen LogP contribution in [-0.2, 0) is 6.42 Å². The Balaban J connectivity index is 0.000000704. The first-order valence-corrected chi connectivity index (χ1v) is 7.13. The van der Waals surface area contributed by atoms with E-state index in [1.807, 2.05) is 57.2 Å². The summed E-state index contributed by atoms with van der Waals surface area (Å²) in [6, 6.07) is 11.4. The lowest BCUT2D eigenvalue weighted by molar-refractivity contribution is 0.188. The molecule has 106 valence electrons. The van der Waals surface area contributed by atoms with Crippen LogP contribution in [0.5, 0.6) is 5.75 Å². The molecule has 20 heavy (non-hydrogen) atoms. The lowest BCUT2D eigenvalue weighted by Gasteiger charge is -2.22. The van der Waals surface area contributed by atoms with Crippen LogP contribution >= 0.6 is 0 Å². The highest BCUT2D eigenvalue weighted by Crippen LogP contribution is 2.29. The second-order valence-electron chi connectivity index (χ2n) is 4.57. The average Bonchev–Trinajstić information content (AvgIpc) is 2.49. The maximum atomic E-state index is 11.9. The Hall–Kier alpha value is -2.03. The molecule has 2 aromatic rings. The second-order valence-corrected chi connectivity index (χ2v) is 4.57. The first-order valence-electron chi connectivity index (χ1n) is 7.13. The van der Waals surface area contributed by atoms with E-state index in [1.165, 1.54) is 0 Å². The lowest BCUT2D eigenvalue weighted by Crippen LogP contribution is -2.23. The Kier molecular flexibility index (Phi) is 4.61. The van der Waals surface area contributed by atoms with Gasteiger partial charge in [0.2, 0.25) is 0 Å². The third-order valence-corrected chi connectivity index (χ3v) is 3.20. The Labute approximate surface area is 119 Å². The summed E-state index contributed by atoms with van der Waals surface area (Å²) < 4.78 is 11.1. The lowest BCUT2D eigenvalue weighted by atomic mass is 10.0. The number of benzene rings is 1. The number of hydrogen-bond donors (Lipinski definition) is 0. The van der Waals surface area contributed by atoms with Gasteiger partial charge in [0, 0.05) is 11.6 Å². The predicted molar refractivity (Wildman–Crippen MR) is 80.2 cm³/mol. The van der Waals surface area contributed by atoms with Gasteiger partial charge in [-0.2, -0.15) is 0 Å². The molecule has 1 aliphatic heterocycles. The van der Waals surface area contributed by atoms with E-state index in [4.69, 9.17) is 9.15 Å². The van der Waals surface area contributed by atoms with Crippen molar-refractivity contribution in [3.63, 3.8) is 0 Å². The van der Waals surface area contributed by atoms with Crippen LogP contribution in [0.25, 0.3) is 11.3 Å². The molecular formula is C17H20O3. The number of rotatable bonds is 1. The minimum atomic E-state index is -0.279. The molecule has 0 bridgehead atoms. The van der Waals surface area contributed by atoms with E-state index < -0.39 is 0 Å². The molecule has 3 heteroatoms. The van der Waals surface area contributed by atoms with Crippen LogP contribution in [0.2, 0.25) is 0 Å². The smallest absolute Gasteiger partial charge is 0.343 e. The van der Waals surface area contributed by atoms with Crippen LogP contribution in [0, 0.1) is 0 Å². The topological polar surface area (TPSA) is 39.4 Å². The monoisotopic (exact) mass is 272 g/mol. The molecule has 0 saturated heterocycles. The van der Waals surface area contributed by atoms with E-state index in [2.05, 4.69) is 0 Å². The second kappa shape index (κ2) is 6.42. The third kappa shape index (κ3) is 2.93.